The highest BCUT2D eigenvalue weighted by molar-refractivity contribution is 5.40. The van der Waals surface area contributed by atoms with Crippen LogP contribution < -0.4 is 10.4 Å². The van der Waals surface area contributed by atoms with Crippen molar-refractivity contribution >= 4 is 0 Å². The number of halogens is 3. The Morgan fingerprint density at radius 1 is 1.08 bits per heavy atom. The molecule has 1 N–H and O–H groups in total. The normalized spacial score (nSPS) is 11.5. The molecule has 0 aliphatic rings. The summed E-state index contributed by atoms with van der Waals surface area (Å²) in [5, 5.41) is 6.13. The summed E-state index contributed by atoms with van der Waals surface area (Å²) in [6.45, 7) is 1.67. The number of hydrogen-bond acceptors (Lipinski definition) is 3. The van der Waals surface area contributed by atoms with Crippen molar-refractivity contribution in [1.82, 2.24) is 14.8 Å². The summed E-state index contributed by atoms with van der Waals surface area (Å²) in [7, 11) is 0. The smallest absolute Gasteiger partial charge is 0.416 e. The van der Waals surface area contributed by atoms with Crippen molar-refractivity contribution in [3.63, 3.8) is 0 Å². The van der Waals surface area contributed by atoms with E-state index in [1.54, 1.807) is 31.2 Å². The molecule has 0 saturated carbocycles. The van der Waals surface area contributed by atoms with E-state index in [2.05, 4.69) is 10.2 Å². The number of rotatable bonds is 3. The number of alkyl halides is 3. The molecule has 0 atom stereocenters. The average molecular weight is 335 g/mol. The second-order valence-corrected chi connectivity index (χ2v) is 5.03. The van der Waals surface area contributed by atoms with Gasteiger partial charge in [0.25, 0.3) is 0 Å². The fraction of sp³-hybridized carbons (Fsp3) is 0.125. The first kappa shape index (κ1) is 15.9. The SMILES string of the molecule is Cc1n[nH]c(=O)n1-c1ccc(Oc2cccc(C(F)(F)F)c2)cc1. The summed E-state index contributed by atoms with van der Waals surface area (Å²) in [6, 6.07) is 11.0. The Kier molecular flexibility index (Phi) is 3.88. The number of nitrogens with zero attached hydrogens (tertiary/aromatic N) is 2. The van der Waals surface area contributed by atoms with Crippen LogP contribution in [0.4, 0.5) is 13.2 Å². The molecular weight excluding hydrogens is 323 g/mol. The third kappa shape index (κ3) is 3.17. The Morgan fingerprint density at radius 3 is 2.38 bits per heavy atom. The minimum absolute atomic E-state index is 0.0780. The molecular formula is C16H12F3N3O2. The fourth-order valence-corrected chi connectivity index (χ4v) is 2.22. The first-order chi connectivity index (χ1) is 11.3. The first-order valence-electron chi connectivity index (χ1n) is 6.94. The fourth-order valence-electron chi connectivity index (χ4n) is 2.22. The Labute approximate surface area is 134 Å². The van der Waals surface area contributed by atoms with Crippen molar-refractivity contribution in [1.29, 1.82) is 0 Å². The summed E-state index contributed by atoms with van der Waals surface area (Å²) in [4.78, 5) is 11.7. The van der Waals surface area contributed by atoms with Crippen molar-refractivity contribution < 1.29 is 17.9 Å². The zero-order valence-electron chi connectivity index (χ0n) is 12.5. The molecule has 0 bridgehead atoms. The molecule has 0 aliphatic carbocycles. The molecule has 0 aliphatic heterocycles. The summed E-state index contributed by atoms with van der Waals surface area (Å²) < 4.78 is 44.9. The molecule has 0 saturated heterocycles. The van der Waals surface area contributed by atoms with Crippen LogP contribution in [0.15, 0.2) is 53.3 Å². The number of aromatic nitrogens is 3. The minimum atomic E-state index is -4.43. The van der Waals surface area contributed by atoms with Gasteiger partial charge in [0, 0.05) is 0 Å². The van der Waals surface area contributed by atoms with Crippen LogP contribution >= 0.6 is 0 Å². The van der Waals surface area contributed by atoms with Gasteiger partial charge in [0.1, 0.15) is 17.3 Å². The standard InChI is InChI=1S/C16H12F3N3O2/c1-10-20-21-15(23)22(10)12-5-7-13(8-6-12)24-14-4-2-3-11(9-14)16(17,18)19/h2-9H,1H3,(H,21,23). The van der Waals surface area contributed by atoms with E-state index in [9.17, 15) is 18.0 Å². The maximum atomic E-state index is 12.7. The van der Waals surface area contributed by atoms with Crippen LogP contribution in [0.2, 0.25) is 0 Å². The summed E-state index contributed by atoms with van der Waals surface area (Å²) >= 11 is 0. The van der Waals surface area contributed by atoms with Crippen molar-refractivity contribution in [3.8, 4) is 17.2 Å². The lowest BCUT2D eigenvalue weighted by Crippen LogP contribution is -2.15. The number of hydrogen-bond donors (Lipinski definition) is 1. The Hall–Kier alpha value is -3.03. The van der Waals surface area contributed by atoms with E-state index in [0.29, 0.717) is 17.3 Å². The van der Waals surface area contributed by atoms with Crippen LogP contribution in [0, 0.1) is 6.92 Å². The van der Waals surface area contributed by atoms with Gasteiger partial charge in [0.2, 0.25) is 0 Å². The largest absolute Gasteiger partial charge is 0.457 e. The monoisotopic (exact) mass is 335 g/mol. The van der Waals surface area contributed by atoms with Gasteiger partial charge in [-0.2, -0.15) is 18.3 Å². The molecule has 24 heavy (non-hydrogen) atoms. The molecule has 0 unspecified atom stereocenters. The summed E-state index contributed by atoms with van der Waals surface area (Å²) in [5.41, 5.74) is -0.584. The van der Waals surface area contributed by atoms with E-state index in [1.807, 2.05) is 0 Å². The van der Waals surface area contributed by atoms with Crippen LogP contribution in [0.3, 0.4) is 0 Å². The van der Waals surface area contributed by atoms with Crippen LogP contribution in [0.25, 0.3) is 5.69 Å². The molecule has 0 spiro atoms. The van der Waals surface area contributed by atoms with E-state index in [0.717, 1.165) is 12.1 Å². The van der Waals surface area contributed by atoms with E-state index in [-0.39, 0.29) is 11.4 Å². The van der Waals surface area contributed by atoms with Gasteiger partial charge in [-0.05, 0) is 49.4 Å². The number of nitrogens with one attached hydrogen (secondary N) is 1. The third-order valence-electron chi connectivity index (χ3n) is 3.33. The van der Waals surface area contributed by atoms with Crippen molar-refractivity contribution in [2.24, 2.45) is 0 Å². The van der Waals surface area contributed by atoms with E-state index >= 15 is 0 Å². The third-order valence-corrected chi connectivity index (χ3v) is 3.33. The lowest BCUT2D eigenvalue weighted by molar-refractivity contribution is -0.137. The van der Waals surface area contributed by atoms with Gasteiger partial charge >= 0.3 is 11.9 Å². The molecule has 3 aromatic rings. The topological polar surface area (TPSA) is 59.9 Å². The highest BCUT2D eigenvalue weighted by Gasteiger charge is 2.30. The number of benzene rings is 2. The van der Waals surface area contributed by atoms with Crippen molar-refractivity contribution in [2.75, 3.05) is 0 Å². The number of aromatic amines is 1. The zero-order chi connectivity index (χ0) is 17.3. The number of H-pyrrole nitrogens is 1. The molecule has 5 nitrogen and oxygen atoms in total. The van der Waals surface area contributed by atoms with Gasteiger partial charge in [0.15, 0.2) is 0 Å². The van der Waals surface area contributed by atoms with Crippen molar-refractivity contribution in [3.05, 3.63) is 70.4 Å². The van der Waals surface area contributed by atoms with Gasteiger partial charge in [-0.25, -0.2) is 14.5 Å². The quantitative estimate of drug-likeness (QED) is 0.794. The minimum Gasteiger partial charge on any atom is -0.457 e. The lowest BCUT2D eigenvalue weighted by atomic mass is 10.2. The predicted octanol–water partition coefficient (Wildman–Crippen LogP) is 3.68. The number of ether oxygens (including phenoxy) is 1. The van der Waals surface area contributed by atoms with Gasteiger partial charge in [-0.15, -0.1) is 0 Å². The van der Waals surface area contributed by atoms with Gasteiger partial charge in [0.05, 0.1) is 11.3 Å². The van der Waals surface area contributed by atoms with Gasteiger partial charge in [-0.1, -0.05) is 6.07 Å². The van der Waals surface area contributed by atoms with E-state index in [1.165, 1.54) is 16.7 Å². The second kappa shape index (κ2) is 5.88. The van der Waals surface area contributed by atoms with Crippen LogP contribution in [-0.4, -0.2) is 14.8 Å². The lowest BCUT2D eigenvalue weighted by Gasteiger charge is -2.10. The Morgan fingerprint density at radius 2 is 1.79 bits per heavy atom. The maximum absolute atomic E-state index is 12.7. The zero-order valence-corrected chi connectivity index (χ0v) is 12.5. The molecule has 2 aromatic carbocycles. The first-order valence-corrected chi connectivity index (χ1v) is 6.94. The van der Waals surface area contributed by atoms with Crippen LogP contribution in [0.1, 0.15) is 11.4 Å². The Balaban J connectivity index is 1.84. The van der Waals surface area contributed by atoms with Gasteiger partial charge in [-0.3, -0.25) is 0 Å². The van der Waals surface area contributed by atoms with Crippen LogP contribution in [0.5, 0.6) is 11.5 Å². The summed E-state index contributed by atoms with van der Waals surface area (Å²) in [5.74, 6) is 0.924. The van der Waals surface area contributed by atoms with E-state index in [4.69, 9.17) is 4.74 Å². The molecule has 0 radical (unpaired) electrons. The molecule has 1 aromatic heterocycles. The highest BCUT2D eigenvalue weighted by atomic mass is 19.4. The average Bonchev–Trinajstić information content (AvgIpc) is 2.87. The predicted molar refractivity (Wildman–Crippen MR) is 80.4 cm³/mol. The molecule has 8 heteroatoms. The molecule has 1 heterocycles. The molecule has 0 fully saturated rings. The molecule has 3 rings (SSSR count). The molecule has 124 valence electrons. The van der Waals surface area contributed by atoms with Crippen molar-refractivity contribution in [2.45, 2.75) is 13.1 Å². The maximum Gasteiger partial charge on any atom is 0.416 e. The molecule has 0 amide bonds. The summed E-state index contributed by atoms with van der Waals surface area (Å²) in [6.07, 6.45) is -4.43. The Bertz CT molecular complexity index is 911. The second-order valence-electron chi connectivity index (χ2n) is 5.03. The van der Waals surface area contributed by atoms with Gasteiger partial charge < -0.3 is 4.74 Å². The van der Waals surface area contributed by atoms with E-state index < -0.39 is 11.7 Å². The number of aryl methyl sites for hydroxylation is 1. The van der Waals surface area contributed by atoms with Crippen LogP contribution in [-0.2, 0) is 6.18 Å². The highest BCUT2D eigenvalue weighted by Crippen LogP contribution is 2.32.